The van der Waals surface area contributed by atoms with Crippen LogP contribution in [0.15, 0.2) is 0 Å². The second-order valence-electron chi connectivity index (χ2n) is 0.138. The van der Waals surface area contributed by atoms with Gasteiger partial charge < -0.3 is 21.6 Å². The topological polar surface area (TPSA) is 157 Å². The standard InChI is InChI=1S/2ClHO2.2H3N/c2*2-1-3;;/h2*2H;2*1H3. The van der Waals surface area contributed by atoms with Gasteiger partial charge in [0, 0.05) is 0 Å². The molecule has 6 nitrogen and oxygen atoms in total. The van der Waals surface area contributed by atoms with E-state index in [2.05, 4.69) is 0 Å². The molecule has 0 fully saturated rings. The molecule has 0 aromatic rings. The monoisotopic (exact) mass is 170 g/mol. The summed E-state index contributed by atoms with van der Waals surface area (Å²) in [7, 11) is 0. The van der Waals surface area contributed by atoms with E-state index in [1.54, 1.807) is 0 Å². The summed E-state index contributed by atoms with van der Waals surface area (Å²) in [6, 6.07) is 0. The third-order valence-electron chi connectivity index (χ3n) is 0. The molecular weight excluding hydrogens is 163 g/mol. The molecule has 0 bridgehead atoms. The van der Waals surface area contributed by atoms with Crippen LogP contribution < -0.4 is 21.6 Å². The molecule has 0 aliphatic rings. The molecule has 8 N–H and O–H groups in total. The molecule has 56 valence electrons. The highest BCUT2D eigenvalue weighted by molar-refractivity contribution is 2.14. The van der Waals surface area contributed by atoms with E-state index in [0.29, 0.717) is 0 Å². The number of hydrogen-bond acceptors (Lipinski definition) is 6. The first kappa shape index (κ1) is 23.9. The maximum Gasteiger partial charge on any atom is 0.327 e. The van der Waals surface area contributed by atoms with E-state index in [-0.39, 0.29) is 35.0 Å². The fourth-order valence-corrected chi connectivity index (χ4v) is 0. The van der Waals surface area contributed by atoms with Crippen molar-refractivity contribution in [3.05, 3.63) is 0 Å². The second-order valence-corrected chi connectivity index (χ2v) is 0.414. The Kier molecular flexibility index (Phi) is 161. The minimum absolute atomic E-state index is 0. The quantitative estimate of drug-likeness (QED) is 0.301. The molecule has 0 saturated carbocycles. The van der Waals surface area contributed by atoms with Gasteiger partial charge in [0.1, 0.15) is 0 Å². The fraction of sp³-hybridized carbons (Fsp3) is 0. The summed E-state index contributed by atoms with van der Waals surface area (Å²) in [4.78, 5) is 0. The molecular formula is H8Cl2N2O4. The third-order valence-corrected chi connectivity index (χ3v) is 0. The summed E-state index contributed by atoms with van der Waals surface area (Å²) in [6.45, 7) is 0. The van der Waals surface area contributed by atoms with Gasteiger partial charge in [-0.05, 0) is 0 Å². The first-order chi connectivity index (χ1) is 2.83. The third kappa shape index (κ3) is 1560. The summed E-state index contributed by atoms with van der Waals surface area (Å²) < 4.78 is 30.4. The molecule has 0 atom stereocenters. The van der Waals surface area contributed by atoms with Gasteiger partial charge in [-0.2, -0.15) is 0 Å². The molecule has 0 spiro atoms. The molecule has 0 aliphatic carbocycles. The first-order valence-corrected chi connectivity index (χ1v) is 1.94. The molecule has 8 heavy (non-hydrogen) atoms. The zero-order valence-electron chi connectivity index (χ0n) is 3.88. The molecule has 8 heteroatoms. The van der Waals surface area contributed by atoms with Gasteiger partial charge in [-0.3, -0.25) is 0 Å². The molecule has 0 unspecified atom stereocenters. The Morgan fingerprint density at radius 3 is 0.875 bits per heavy atom. The maximum absolute atomic E-state index is 8.35. The highest BCUT2D eigenvalue weighted by Gasteiger charge is 1.47. The lowest BCUT2D eigenvalue weighted by Gasteiger charge is -1.46. The zero-order chi connectivity index (χ0) is 5.41. The van der Waals surface area contributed by atoms with Crippen LogP contribution in [0.2, 0.25) is 0 Å². The summed E-state index contributed by atoms with van der Waals surface area (Å²) in [6.07, 6.45) is 0. The van der Waals surface area contributed by atoms with Crippen molar-refractivity contribution < 1.29 is 41.3 Å². The molecule has 0 saturated heterocycles. The minimum atomic E-state index is -0.167. The van der Waals surface area contributed by atoms with Gasteiger partial charge in [-0.25, -0.2) is 0 Å². The summed E-state index contributed by atoms with van der Waals surface area (Å²) in [5.41, 5.74) is 0. The van der Waals surface area contributed by atoms with E-state index in [1.807, 2.05) is 0 Å². The summed E-state index contributed by atoms with van der Waals surface area (Å²) in [5, 5.41) is 0. The lowest BCUT2D eigenvalue weighted by atomic mass is 14.0. The molecule has 0 amide bonds. The van der Waals surface area contributed by atoms with Crippen molar-refractivity contribution in [2.75, 3.05) is 0 Å². The van der Waals surface area contributed by atoms with Crippen molar-refractivity contribution in [1.82, 2.24) is 12.3 Å². The van der Waals surface area contributed by atoms with E-state index in [0.717, 1.165) is 0 Å². The Morgan fingerprint density at radius 1 is 0.875 bits per heavy atom. The smallest absolute Gasteiger partial charge is 0.327 e. The van der Waals surface area contributed by atoms with Crippen LogP contribution in [-0.4, -0.2) is 9.32 Å². The Hall–Kier alpha value is 0.340. The van der Waals surface area contributed by atoms with E-state index >= 15 is 0 Å². The van der Waals surface area contributed by atoms with E-state index in [4.69, 9.17) is 18.6 Å². The largest absolute Gasteiger partial charge is 0.506 e. The minimum Gasteiger partial charge on any atom is -0.506 e. The van der Waals surface area contributed by atoms with E-state index in [1.165, 1.54) is 0 Å². The van der Waals surface area contributed by atoms with Crippen LogP contribution in [-0.2, 0) is 0 Å². The lowest BCUT2D eigenvalue weighted by Crippen LogP contribution is -1.94. The summed E-state index contributed by atoms with van der Waals surface area (Å²) in [5.74, 6) is 0. The average molecular weight is 171 g/mol. The Balaban J connectivity index is -0.0000000160. The predicted molar refractivity (Wildman–Crippen MR) is 14.5 cm³/mol. The van der Waals surface area contributed by atoms with Crippen LogP contribution in [0.3, 0.4) is 0 Å². The Labute approximate surface area is 54.4 Å². The van der Waals surface area contributed by atoms with Gasteiger partial charge in [0.25, 0.3) is 0 Å². The van der Waals surface area contributed by atoms with Crippen LogP contribution >= 0.6 is 0 Å². The van der Waals surface area contributed by atoms with Crippen molar-refractivity contribution in [2.24, 2.45) is 0 Å². The van der Waals surface area contributed by atoms with Crippen molar-refractivity contribution in [2.45, 2.75) is 0 Å². The first-order valence-electron chi connectivity index (χ1n) is 0.647. The van der Waals surface area contributed by atoms with Crippen LogP contribution in [0.1, 0.15) is 0 Å². The Bertz CT molecular complexity index is 14.0. The summed E-state index contributed by atoms with van der Waals surface area (Å²) >= 11 is -0.333. The van der Waals surface area contributed by atoms with Gasteiger partial charge in [-0.15, -0.1) is 9.32 Å². The second kappa shape index (κ2) is 53.9. The van der Waals surface area contributed by atoms with Crippen LogP contribution in [0.25, 0.3) is 0 Å². The molecule has 0 aromatic heterocycles. The highest BCUT2D eigenvalue weighted by Crippen LogP contribution is 1.14. The SMILES string of the molecule is N.N.[O-][Cl+]O.[O-][Cl+]O. The van der Waals surface area contributed by atoms with Crippen LogP contribution in [0.4, 0.5) is 0 Å². The zero-order valence-corrected chi connectivity index (χ0v) is 5.39. The van der Waals surface area contributed by atoms with Gasteiger partial charge >= 0.3 is 22.7 Å². The van der Waals surface area contributed by atoms with E-state index < -0.39 is 0 Å². The van der Waals surface area contributed by atoms with Gasteiger partial charge in [-0.1, -0.05) is 0 Å². The van der Waals surface area contributed by atoms with Gasteiger partial charge in [0.15, 0.2) is 0 Å². The molecule has 0 rings (SSSR count). The van der Waals surface area contributed by atoms with Crippen LogP contribution in [0.5, 0.6) is 0 Å². The number of rotatable bonds is 0. The van der Waals surface area contributed by atoms with Crippen LogP contribution in [0, 0.1) is 22.7 Å². The van der Waals surface area contributed by atoms with Gasteiger partial charge in [0.2, 0.25) is 0 Å². The lowest BCUT2D eigenvalue weighted by molar-refractivity contribution is -1.27. The van der Waals surface area contributed by atoms with Crippen molar-refractivity contribution in [3.8, 4) is 0 Å². The van der Waals surface area contributed by atoms with Gasteiger partial charge in [0.05, 0.1) is 0 Å². The molecule has 0 radical (unpaired) electrons. The number of hydrogen-bond donors (Lipinski definition) is 4. The molecule has 0 aliphatic heterocycles. The predicted octanol–water partition coefficient (Wildman–Crippen LogP) is -3.17. The highest BCUT2D eigenvalue weighted by atomic mass is 35.6. The molecule has 0 aromatic carbocycles. The van der Waals surface area contributed by atoms with Crippen molar-refractivity contribution >= 4 is 0 Å². The van der Waals surface area contributed by atoms with E-state index in [9.17, 15) is 0 Å². The average Bonchev–Trinajstić information content (AvgIpc) is 1.39. The normalized spacial score (nSPS) is 4.50. The Morgan fingerprint density at radius 2 is 0.875 bits per heavy atom. The number of halogens is 2. The van der Waals surface area contributed by atoms with Crippen molar-refractivity contribution in [1.29, 1.82) is 0 Å². The maximum atomic E-state index is 8.35. The van der Waals surface area contributed by atoms with Crippen molar-refractivity contribution in [3.63, 3.8) is 0 Å². The molecule has 0 heterocycles. The fourth-order valence-electron chi connectivity index (χ4n) is 0.